The Kier molecular flexibility index (Phi) is 6.36. The van der Waals surface area contributed by atoms with Crippen LogP contribution in [0.2, 0.25) is 10.0 Å². The van der Waals surface area contributed by atoms with Crippen LogP contribution in [-0.2, 0) is 10.0 Å². The third-order valence-electron chi connectivity index (χ3n) is 2.77. The van der Waals surface area contributed by atoms with Crippen molar-refractivity contribution in [3.05, 3.63) is 28.2 Å². The first kappa shape index (κ1) is 17.0. The van der Waals surface area contributed by atoms with Gasteiger partial charge in [-0.15, -0.1) is 12.4 Å². The molecule has 1 aliphatic heterocycles. The number of hydrogen-bond acceptors (Lipinski definition) is 3. The number of piperidine rings is 1. The van der Waals surface area contributed by atoms with E-state index in [0.717, 1.165) is 19.4 Å². The van der Waals surface area contributed by atoms with Crippen LogP contribution in [0.1, 0.15) is 12.8 Å². The summed E-state index contributed by atoms with van der Waals surface area (Å²) in [5.41, 5.74) is 0. The lowest BCUT2D eigenvalue weighted by Gasteiger charge is -2.23. The largest absolute Gasteiger partial charge is 0.315 e. The topological polar surface area (TPSA) is 58.2 Å². The first-order valence-corrected chi connectivity index (χ1v) is 7.90. The van der Waals surface area contributed by atoms with Gasteiger partial charge in [-0.2, -0.15) is 0 Å². The zero-order chi connectivity index (χ0) is 13.2. The predicted molar refractivity (Wildman–Crippen MR) is 79.9 cm³/mol. The normalized spacial score (nSPS) is 19.8. The summed E-state index contributed by atoms with van der Waals surface area (Å²) in [4.78, 5) is 0.102. The second-order valence-corrected chi connectivity index (χ2v) is 6.86. The van der Waals surface area contributed by atoms with Crippen molar-refractivity contribution in [1.82, 2.24) is 10.0 Å². The van der Waals surface area contributed by atoms with Gasteiger partial charge in [-0.3, -0.25) is 0 Å². The van der Waals surface area contributed by atoms with Crippen molar-refractivity contribution >= 4 is 45.6 Å². The number of sulfonamides is 1. The number of hydrogen-bond donors (Lipinski definition) is 2. The van der Waals surface area contributed by atoms with Crippen molar-refractivity contribution in [2.75, 3.05) is 13.1 Å². The molecular weight excluding hydrogens is 331 g/mol. The van der Waals surface area contributed by atoms with E-state index in [4.69, 9.17) is 23.2 Å². The van der Waals surface area contributed by atoms with E-state index in [9.17, 15) is 8.42 Å². The van der Waals surface area contributed by atoms with E-state index in [1.165, 1.54) is 18.2 Å². The van der Waals surface area contributed by atoms with Gasteiger partial charge in [0.1, 0.15) is 0 Å². The van der Waals surface area contributed by atoms with Crippen LogP contribution in [0.3, 0.4) is 0 Å². The van der Waals surface area contributed by atoms with E-state index in [1.54, 1.807) is 0 Å². The minimum Gasteiger partial charge on any atom is -0.315 e. The molecule has 1 fully saturated rings. The van der Waals surface area contributed by atoms with E-state index in [0.29, 0.717) is 16.6 Å². The molecule has 1 unspecified atom stereocenters. The summed E-state index contributed by atoms with van der Waals surface area (Å²) in [5, 5.41) is 3.77. The Bertz CT molecular complexity index is 510. The van der Waals surface area contributed by atoms with Gasteiger partial charge in [0, 0.05) is 22.6 Å². The van der Waals surface area contributed by atoms with Gasteiger partial charge in [0.2, 0.25) is 10.0 Å². The molecule has 4 nitrogen and oxygen atoms in total. The Morgan fingerprint density at radius 2 is 1.84 bits per heavy atom. The molecule has 108 valence electrons. The minimum atomic E-state index is -3.56. The Labute approximate surface area is 129 Å². The van der Waals surface area contributed by atoms with Crippen molar-refractivity contribution in [3.8, 4) is 0 Å². The fourth-order valence-electron chi connectivity index (χ4n) is 1.92. The maximum atomic E-state index is 12.1. The highest BCUT2D eigenvalue weighted by Crippen LogP contribution is 2.22. The van der Waals surface area contributed by atoms with Crippen LogP contribution in [-0.4, -0.2) is 27.5 Å². The van der Waals surface area contributed by atoms with Gasteiger partial charge < -0.3 is 5.32 Å². The second kappa shape index (κ2) is 7.11. The lowest BCUT2D eigenvalue weighted by atomic mass is 10.1. The zero-order valence-electron chi connectivity index (χ0n) is 10.0. The third kappa shape index (κ3) is 4.77. The standard InChI is InChI=1S/C11H14Cl2N2O2S.ClH/c12-8-4-9(13)6-11(5-8)18(16,17)15-10-2-1-3-14-7-10;/h4-6,10,14-15H,1-3,7H2;1H. The number of nitrogens with one attached hydrogen (secondary N) is 2. The van der Waals surface area contributed by atoms with Crippen LogP contribution in [0.4, 0.5) is 0 Å². The molecular formula is C11H15Cl3N2O2S. The molecule has 2 N–H and O–H groups in total. The van der Waals surface area contributed by atoms with E-state index in [-0.39, 0.29) is 23.3 Å². The molecule has 1 heterocycles. The Morgan fingerprint density at radius 1 is 1.21 bits per heavy atom. The van der Waals surface area contributed by atoms with Gasteiger partial charge >= 0.3 is 0 Å². The van der Waals surface area contributed by atoms with E-state index >= 15 is 0 Å². The molecule has 0 spiro atoms. The van der Waals surface area contributed by atoms with Crippen LogP contribution in [0.25, 0.3) is 0 Å². The fraction of sp³-hybridized carbons (Fsp3) is 0.455. The van der Waals surface area contributed by atoms with Gasteiger partial charge in [-0.05, 0) is 37.6 Å². The average Bonchev–Trinajstić information content (AvgIpc) is 2.28. The van der Waals surface area contributed by atoms with Crippen molar-refractivity contribution in [3.63, 3.8) is 0 Å². The maximum Gasteiger partial charge on any atom is 0.240 e. The number of benzene rings is 1. The minimum absolute atomic E-state index is 0. The van der Waals surface area contributed by atoms with Gasteiger partial charge in [-0.25, -0.2) is 13.1 Å². The first-order chi connectivity index (χ1) is 8.47. The summed E-state index contributed by atoms with van der Waals surface area (Å²) >= 11 is 11.6. The molecule has 0 radical (unpaired) electrons. The molecule has 0 amide bonds. The van der Waals surface area contributed by atoms with E-state index in [2.05, 4.69) is 10.0 Å². The van der Waals surface area contributed by atoms with Crippen LogP contribution in [0.5, 0.6) is 0 Å². The molecule has 1 aromatic rings. The van der Waals surface area contributed by atoms with Crippen LogP contribution in [0, 0.1) is 0 Å². The predicted octanol–water partition coefficient (Wildman–Crippen LogP) is 2.45. The highest BCUT2D eigenvalue weighted by Gasteiger charge is 2.22. The smallest absolute Gasteiger partial charge is 0.240 e. The molecule has 0 saturated carbocycles. The molecule has 1 saturated heterocycles. The molecule has 1 aromatic carbocycles. The lowest BCUT2D eigenvalue weighted by Crippen LogP contribution is -2.45. The average molecular weight is 346 g/mol. The Balaban J connectivity index is 0.00000180. The van der Waals surface area contributed by atoms with Gasteiger partial charge in [0.15, 0.2) is 0 Å². The summed E-state index contributed by atoms with van der Waals surface area (Å²) in [6.45, 7) is 1.58. The van der Waals surface area contributed by atoms with Gasteiger partial charge in [0.05, 0.1) is 4.90 Å². The number of rotatable bonds is 3. The molecule has 1 aliphatic rings. The highest BCUT2D eigenvalue weighted by atomic mass is 35.5. The van der Waals surface area contributed by atoms with Crippen LogP contribution >= 0.6 is 35.6 Å². The monoisotopic (exact) mass is 344 g/mol. The second-order valence-electron chi connectivity index (χ2n) is 4.27. The zero-order valence-corrected chi connectivity index (χ0v) is 13.2. The number of halogens is 3. The first-order valence-electron chi connectivity index (χ1n) is 5.66. The Hall–Kier alpha value is -0.0400. The van der Waals surface area contributed by atoms with Crippen LogP contribution < -0.4 is 10.0 Å². The molecule has 1 atom stereocenters. The van der Waals surface area contributed by atoms with Gasteiger partial charge in [0.25, 0.3) is 0 Å². The highest BCUT2D eigenvalue weighted by molar-refractivity contribution is 7.89. The van der Waals surface area contributed by atoms with Gasteiger partial charge in [-0.1, -0.05) is 23.2 Å². The third-order valence-corrected chi connectivity index (χ3v) is 4.70. The molecule has 19 heavy (non-hydrogen) atoms. The summed E-state index contributed by atoms with van der Waals surface area (Å²) < 4.78 is 27.0. The van der Waals surface area contributed by atoms with Crippen molar-refractivity contribution < 1.29 is 8.42 Å². The fourth-order valence-corrected chi connectivity index (χ4v) is 3.92. The summed E-state index contributed by atoms with van der Waals surface area (Å²) in [6, 6.07) is 4.21. The molecule has 8 heteroatoms. The molecule has 2 rings (SSSR count). The molecule has 0 aromatic heterocycles. The summed E-state index contributed by atoms with van der Waals surface area (Å²) in [6.07, 6.45) is 1.80. The molecule has 0 bridgehead atoms. The Morgan fingerprint density at radius 3 is 2.37 bits per heavy atom. The quantitative estimate of drug-likeness (QED) is 0.884. The summed E-state index contributed by atoms with van der Waals surface area (Å²) in [7, 11) is -3.56. The summed E-state index contributed by atoms with van der Waals surface area (Å²) in [5.74, 6) is 0. The van der Waals surface area contributed by atoms with Crippen molar-refractivity contribution in [1.29, 1.82) is 0 Å². The van der Waals surface area contributed by atoms with E-state index < -0.39 is 10.0 Å². The lowest BCUT2D eigenvalue weighted by molar-refractivity contribution is 0.428. The van der Waals surface area contributed by atoms with Crippen LogP contribution in [0.15, 0.2) is 23.1 Å². The SMILES string of the molecule is Cl.O=S(=O)(NC1CCCNC1)c1cc(Cl)cc(Cl)c1. The van der Waals surface area contributed by atoms with Crippen molar-refractivity contribution in [2.24, 2.45) is 0 Å². The van der Waals surface area contributed by atoms with E-state index in [1.807, 2.05) is 0 Å². The maximum absolute atomic E-state index is 12.1. The van der Waals surface area contributed by atoms with Crippen molar-refractivity contribution in [2.45, 2.75) is 23.8 Å². The molecule has 0 aliphatic carbocycles.